The van der Waals surface area contributed by atoms with Crippen LogP contribution in [0.5, 0.6) is 0 Å². The van der Waals surface area contributed by atoms with Gasteiger partial charge in [0.1, 0.15) is 0 Å². The van der Waals surface area contributed by atoms with Crippen molar-refractivity contribution in [2.24, 2.45) is 0 Å². The maximum atomic E-state index is 10.2. The fraction of sp³-hybridized carbons (Fsp3) is 0.438. The van der Waals surface area contributed by atoms with Crippen LogP contribution in [-0.4, -0.2) is 22.7 Å². The standard InChI is InChI=1S/C16H22N2OS/c1-4-18(12(2)3)16-17-14(11-20-16)10-15(19)13-8-6-5-7-9-13/h5-9,11-12,15,19H,4,10H2,1-3H3. The van der Waals surface area contributed by atoms with Crippen molar-refractivity contribution in [2.45, 2.75) is 39.3 Å². The number of rotatable bonds is 6. The van der Waals surface area contributed by atoms with E-state index in [9.17, 15) is 5.11 Å². The fourth-order valence-electron chi connectivity index (χ4n) is 2.23. The molecule has 3 nitrogen and oxygen atoms in total. The highest BCUT2D eigenvalue weighted by atomic mass is 32.1. The molecule has 1 atom stereocenters. The van der Waals surface area contributed by atoms with Gasteiger partial charge in [0.05, 0.1) is 11.8 Å². The van der Waals surface area contributed by atoms with Gasteiger partial charge in [-0.3, -0.25) is 0 Å². The van der Waals surface area contributed by atoms with Gasteiger partial charge in [-0.2, -0.15) is 0 Å². The van der Waals surface area contributed by atoms with E-state index in [-0.39, 0.29) is 0 Å². The topological polar surface area (TPSA) is 36.4 Å². The summed E-state index contributed by atoms with van der Waals surface area (Å²) < 4.78 is 0. The van der Waals surface area contributed by atoms with Crippen molar-refractivity contribution in [1.29, 1.82) is 0 Å². The lowest BCUT2D eigenvalue weighted by Gasteiger charge is -2.24. The van der Waals surface area contributed by atoms with E-state index in [4.69, 9.17) is 0 Å². The number of benzene rings is 1. The second-order valence-corrected chi connectivity index (χ2v) is 5.97. The summed E-state index contributed by atoms with van der Waals surface area (Å²) in [6.45, 7) is 7.43. The smallest absolute Gasteiger partial charge is 0.185 e. The highest BCUT2D eigenvalue weighted by Crippen LogP contribution is 2.25. The zero-order chi connectivity index (χ0) is 14.5. The number of thiazole rings is 1. The maximum absolute atomic E-state index is 10.2. The number of hydrogen-bond donors (Lipinski definition) is 1. The van der Waals surface area contributed by atoms with Crippen molar-refractivity contribution in [1.82, 2.24) is 4.98 Å². The summed E-state index contributed by atoms with van der Waals surface area (Å²) in [6, 6.07) is 10.2. The Morgan fingerprint density at radius 1 is 1.25 bits per heavy atom. The predicted octanol–water partition coefficient (Wildman–Crippen LogP) is 3.65. The van der Waals surface area contributed by atoms with Gasteiger partial charge >= 0.3 is 0 Å². The zero-order valence-corrected chi connectivity index (χ0v) is 13.1. The Morgan fingerprint density at radius 3 is 2.55 bits per heavy atom. The molecular formula is C16H22N2OS. The van der Waals surface area contributed by atoms with E-state index in [1.54, 1.807) is 11.3 Å². The summed E-state index contributed by atoms with van der Waals surface area (Å²) in [7, 11) is 0. The number of aromatic nitrogens is 1. The minimum absolute atomic E-state index is 0.443. The molecule has 0 aliphatic heterocycles. The van der Waals surface area contributed by atoms with E-state index in [0.717, 1.165) is 22.9 Å². The van der Waals surface area contributed by atoms with E-state index in [2.05, 4.69) is 30.7 Å². The summed E-state index contributed by atoms with van der Waals surface area (Å²) in [5.41, 5.74) is 1.90. The largest absolute Gasteiger partial charge is 0.388 e. The van der Waals surface area contributed by atoms with Crippen LogP contribution in [0.1, 0.15) is 38.1 Å². The molecule has 0 aliphatic rings. The van der Waals surface area contributed by atoms with Crippen molar-refractivity contribution < 1.29 is 5.11 Å². The Bertz CT molecular complexity index is 524. The molecule has 0 spiro atoms. The summed E-state index contributed by atoms with van der Waals surface area (Å²) in [6.07, 6.45) is 0.0798. The molecule has 0 saturated carbocycles. The van der Waals surface area contributed by atoms with Gasteiger partial charge in [0.15, 0.2) is 5.13 Å². The van der Waals surface area contributed by atoms with Gasteiger partial charge in [-0.1, -0.05) is 30.3 Å². The molecule has 1 aromatic heterocycles. The normalized spacial score (nSPS) is 12.7. The number of aliphatic hydroxyl groups excluding tert-OH is 1. The molecule has 108 valence electrons. The van der Waals surface area contributed by atoms with Crippen molar-refractivity contribution in [3.05, 3.63) is 47.0 Å². The van der Waals surface area contributed by atoms with Crippen LogP contribution < -0.4 is 4.90 Å². The van der Waals surface area contributed by atoms with Gasteiger partial charge in [-0.25, -0.2) is 4.98 Å². The van der Waals surface area contributed by atoms with Gasteiger partial charge < -0.3 is 10.0 Å². The molecule has 0 radical (unpaired) electrons. The van der Waals surface area contributed by atoms with Crippen molar-refractivity contribution in [3.63, 3.8) is 0 Å². The molecule has 0 saturated heterocycles. The third-order valence-electron chi connectivity index (χ3n) is 3.34. The van der Waals surface area contributed by atoms with Crippen LogP contribution in [0.3, 0.4) is 0 Å². The highest BCUT2D eigenvalue weighted by Gasteiger charge is 2.15. The number of anilines is 1. The highest BCUT2D eigenvalue weighted by molar-refractivity contribution is 7.13. The van der Waals surface area contributed by atoms with Crippen LogP contribution in [0.15, 0.2) is 35.7 Å². The molecule has 4 heteroatoms. The summed E-state index contributed by atoms with van der Waals surface area (Å²) >= 11 is 1.65. The molecule has 0 fully saturated rings. The molecule has 2 aromatic rings. The minimum atomic E-state index is -0.486. The van der Waals surface area contributed by atoms with Crippen LogP contribution in [0, 0.1) is 0 Å². The predicted molar refractivity (Wildman–Crippen MR) is 85.4 cm³/mol. The van der Waals surface area contributed by atoms with E-state index in [1.165, 1.54) is 0 Å². The Hall–Kier alpha value is -1.39. The van der Waals surface area contributed by atoms with Crippen LogP contribution in [0.2, 0.25) is 0 Å². The van der Waals surface area contributed by atoms with E-state index < -0.39 is 6.10 Å². The van der Waals surface area contributed by atoms with Gasteiger partial charge in [0.25, 0.3) is 0 Å². The fourth-order valence-corrected chi connectivity index (χ4v) is 3.27. The third kappa shape index (κ3) is 3.58. The molecule has 1 heterocycles. The molecule has 1 unspecified atom stereocenters. The van der Waals surface area contributed by atoms with Crippen LogP contribution in [-0.2, 0) is 6.42 Å². The summed E-state index contributed by atoms with van der Waals surface area (Å²) in [4.78, 5) is 6.92. The number of hydrogen-bond acceptors (Lipinski definition) is 4. The molecule has 2 rings (SSSR count). The van der Waals surface area contributed by atoms with Crippen LogP contribution >= 0.6 is 11.3 Å². The number of aliphatic hydroxyl groups is 1. The van der Waals surface area contributed by atoms with Crippen LogP contribution in [0.4, 0.5) is 5.13 Å². The van der Waals surface area contributed by atoms with Crippen molar-refractivity contribution in [3.8, 4) is 0 Å². The Morgan fingerprint density at radius 2 is 1.95 bits per heavy atom. The third-order valence-corrected chi connectivity index (χ3v) is 4.26. The van der Waals surface area contributed by atoms with Crippen molar-refractivity contribution >= 4 is 16.5 Å². The first-order valence-electron chi connectivity index (χ1n) is 7.05. The summed E-state index contributed by atoms with van der Waals surface area (Å²) in [5, 5.41) is 13.3. The lowest BCUT2D eigenvalue weighted by molar-refractivity contribution is 0.177. The molecule has 0 aliphatic carbocycles. The minimum Gasteiger partial charge on any atom is -0.388 e. The second kappa shape index (κ2) is 6.86. The average Bonchev–Trinajstić information content (AvgIpc) is 2.88. The maximum Gasteiger partial charge on any atom is 0.185 e. The first-order valence-corrected chi connectivity index (χ1v) is 7.93. The first kappa shape index (κ1) is 15.0. The first-order chi connectivity index (χ1) is 9.61. The molecule has 1 N–H and O–H groups in total. The Kier molecular flexibility index (Phi) is 5.15. The molecule has 0 bridgehead atoms. The molecule has 1 aromatic carbocycles. The SMILES string of the molecule is CCN(c1nc(CC(O)c2ccccc2)cs1)C(C)C. The lowest BCUT2D eigenvalue weighted by atomic mass is 10.1. The average molecular weight is 290 g/mol. The van der Waals surface area contributed by atoms with E-state index >= 15 is 0 Å². The van der Waals surface area contributed by atoms with Crippen LogP contribution in [0.25, 0.3) is 0 Å². The van der Waals surface area contributed by atoms with Gasteiger partial charge in [0.2, 0.25) is 0 Å². The van der Waals surface area contributed by atoms with Gasteiger partial charge in [0, 0.05) is 24.4 Å². The monoisotopic (exact) mass is 290 g/mol. The van der Waals surface area contributed by atoms with E-state index in [1.807, 2.05) is 35.7 Å². The zero-order valence-electron chi connectivity index (χ0n) is 12.3. The molecule has 0 amide bonds. The van der Waals surface area contributed by atoms with E-state index in [0.29, 0.717) is 12.5 Å². The van der Waals surface area contributed by atoms with Gasteiger partial charge in [-0.05, 0) is 26.3 Å². The number of nitrogens with zero attached hydrogens (tertiary/aromatic N) is 2. The lowest BCUT2D eigenvalue weighted by Crippen LogP contribution is -2.30. The van der Waals surface area contributed by atoms with Gasteiger partial charge in [-0.15, -0.1) is 11.3 Å². The molecule has 20 heavy (non-hydrogen) atoms. The second-order valence-electron chi connectivity index (χ2n) is 5.13. The molecular weight excluding hydrogens is 268 g/mol. The van der Waals surface area contributed by atoms with Crippen molar-refractivity contribution in [2.75, 3.05) is 11.4 Å². The Labute approximate surface area is 124 Å². The Balaban J connectivity index is 2.06. The quantitative estimate of drug-likeness (QED) is 0.882. The summed E-state index contributed by atoms with van der Waals surface area (Å²) in [5.74, 6) is 0.